The van der Waals surface area contributed by atoms with Gasteiger partial charge in [0.2, 0.25) is 5.95 Å². The largest absolute Gasteiger partial charge is 0.382 e. The summed E-state index contributed by atoms with van der Waals surface area (Å²) in [5.74, 6) is 0.585. The molecule has 1 aromatic carbocycles. The minimum Gasteiger partial charge on any atom is -0.382 e. The predicted octanol–water partition coefficient (Wildman–Crippen LogP) is 2.06. The van der Waals surface area contributed by atoms with E-state index in [1.807, 2.05) is 24.3 Å². The highest BCUT2D eigenvalue weighted by atomic mass is 16.5. The number of nitrogens with two attached hydrogens (primary N) is 1. The van der Waals surface area contributed by atoms with E-state index in [4.69, 9.17) is 15.2 Å². The molecule has 2 rings (SSSR count). The Labute approximate surface area is 113 Å². The number of imidazole rings is 1. The fraction of sp³-hybridized carbons (Fsp3) is 0.500. The number of para-hydroxylation sites is 2. The van der Waals surface area contributed by atoms with E-state index in [9.17, 15) is 0 Å². The van der Waals surface area contributed by atoms with Gasteiger partial charge in [0.15, 0.2) is 0 Å². The van der Waals surface area contributed by atoms with E-state index < -0.39 is 0 Å². The van der Waals surface area contributed by atoms with E-state index in [1.54, 1.807) is 7.11 Å². The highest BCUT2D eigenvalue weighted by Gasteiger charge is 2.06. The van der Waals surface area contributed by atoms with Crippen molar-refractivity contribution < 1.29 is 9.47 Å². The average Bonchev–Trinajstić information content (AvgIpc) is 2.74. The van der Waals surface area contributed by atoms with E-state index in [2.05, 4.69) is 9.55 Å². The Morgan fingerprint density at radius 2 is 2.00 bits per heavy atom. The van der Waals surface area contributed by atoms with Crippen LogP contribution in [0.5, 0.6) is 0 Å². The van der Waals surface area contributed by atoms with E-state index in [1.165, 1.54) is 0 Å². The molecular weight excluding hydrogens is 242 g/mol. The van der Waals surface area contributed by atoms with Gasteiger partial charge < -0.3 is 19.8 Å². The second kappa shape index (κ2) is 7.11. The quantitative estimate of drug-likeness (QED) is 0.740. The summed E-state index contributed by atoms with van der Waals surface area (Å²) in [6.45, 7) is 2.95. The van der Waals surface area contributed by atoms with Crippen LogP contribution in [0.15, 0.2) is 24.3 Å². The van der Waals surface area contributed by atoms with Gasteiger partial charge >= 0.3 is 0 Å². The number of benzene rings is 1. The van der Waals surface area contributed by atoms with Gasteiger partial charge in [-0.25, -0.2) is 4.98 Å². The lowest BCUT2D eigenvalue weighted by molar-refractivity contribution is 0.0684. The van der Waals surface area contributed by atoms with Crippen LogP contribution in [0.4, 0.5) is 5.95 Å². The van der Waals surface area contributed by atoms with Crippen molar-refractivity contribution in [1.29, 1.82) is 0 Å². The number of ether oxygens (including phenoxy) is 2. The Kier molecular flexibility index (Phi) is 5.18. The third kappa shape index (κ3) is 3.68. The molecule has 1 heterocycles. The minimum absolute atomic E-state index is 0.585. The van der Waals surface area contributed by atoms with E-state index in [0.717, 1.165) is 37.0 Å². The minimum atomic E-state index is 0.585. The maximum atomic E-state index is 5.94. The molecule has 0 amide bonds. The van der Waals surface area contributed by atoms with Gasteiger partial charge in [-0.1, -0.05) is 12.1 Å². The number of aromatic nitrogens is 2. The average molecular weight is 263 g/mol. The first-order valence-corrected chi connectivity index (χ1v) is 6.60. The maximum Gasteiger partial charge on any atom is 0.201 e. The number of rotatable bonds is 8. The summed E-state index contributed by atoms with van der Waals surface area (Å²) >= 11 is 0. The fourth-order valence-corrected chi connectivity index (χ4v) is 2.05. The molecule has 104 valence electrons. The van der Waals surface area contributed by atoms with Gasteiger partial charge in [-0.2, -0.15) is 0 Å². The fourth-order valence-electron chi connectivity index (χ4n) is 2.05. The molecule has 0 aliphatic heterocycles. The topological polar surface area (TPSA) is 62.3 Å². The van der Waals surface area contributed by atoms with Crippen LogP contribution in [0.3, 0.4) is 0 Å². The van der Waals surface area contributed by atoms with Crippen molar-refractivity contribution in [2.24, 2.45) is 0 Å². The smallest absolute Gasteiger partial charge is 0.201 e. The van der Waals surface area contributed by atoms with Crippen LogP contribution in [0.1, 0.15) is 12.8 Å². The van der Waals surface area contributed by atoms with Crippen molar-refractivity contribution in [3.63, 3.8) is 0 Å². The molecule has 2 aromatic rings. The van der Waals surface area contributed by atoms with Crippen LogP contribution in [0.25, 0.3) is 11.0 Å². The van der Waals surface area contributed by atoms with Gasteiger partial charge in [-0.05, 0) is 25.0 Å². The number of anilines is 1. The van der Waals surface area contributed by atoms with Gasteiger partial charge in [0.1, 0.15) is 0 Å². The first kappa shape index (κ1) is 13.8. The number of hydrogen-bond donors (Lipinski definition) is 1. The Balaban J connectivity index is 1.80. The number of nitrogen functional groups attached to an aromatic ring is 1. The molecule has 2 N–H and O–H groups in total. The van der Waals surface area contributed by atoms with Crippen molar-refractivity contribution in [2.75, 3.05) is 32.7 Å². The van der Waals surface area contributed by atoms with Gasteiger partial charge in [0, 0.05) is 20.3 Å². The third-order valence-electron chi connectivity index (χ3n) is 3.04. The van der Waals surface area contributed by atoms with Crippen molar-refractivity contribution in [3.8, 4) is 0 Å². The van der Waals surface area contributed by atoms with E-state index in [-0.39, 0.29) is 0 Å². The number of nitrogens with zero attached hydrogens (tertiary/aromatic N) is 2. The maximum absolute atomic E-state index is 5.94. The number of aryl methyl sites for hydroxylation is 1. The monoisotopic (exact) mass is 263 g/mol. The second-order valence-corrected chi connectivity index (χ2v) is 4.42. The summed E-state index contributed by atoms with van der Waals surface area (Å²) in [5, 5.41) is 0. The molecule has 1 aromatic heterocycles. The lowest BCUT2D eigenvalue weighted by atomic mass is 10.3. The zero-order valence-electron chi connectivity index (χ0n) is 11.3. The summed E-state index contributed by atoms with van der Waals surface area (Å²) in [5.41, 5.74) is 7.99. The summed E-state index contributed by atoms with van der Waals surface area (Å²) < 4.78 is 12.4. The van der Waals surface area contributed by atoms with E-state index >= 15 is 0 Å². The summed E-state index contributed by atoms with van der Waals surface area (Å²) in [4.78, 5) is 4.35. The molecule has 0 saturated carbocycles. The molecule has 0 fully saturated rings. The van der Waals surface area contributed by atoms with Crippen LogP contribution in [-0.2, 0) is 16.0 Å². The second-order valence-electron chi connectivity index (χ2n) is 4.42. The normalized spacial score (nSPS) is 11.2. The van der Waals surface area contributed by atoms with Crippen molar-refractivity contribution >= 4 is 17.0 Å². The van der Waals surface area contributed by atoms with Crippen molar-refractivity contribution in [2.45, 2.75) is 19.4 Å². The summed E-state index contributed by atoms with van der Waals surface area (Å²) in [6, 6.07) is 8.01. The molecule has 19 heavy (non-hydrogen) atoms. The molecule has 0 atom stereocenters. The van der Waals surface area contributed by atoms with Crippen molar-refractivity contribution in [3.05, 3.63) is 24.3 Å². The molecule has 0 unspecified atom stereocenters. The Bertz CT molecular complexity index is 510. The molecule has 0 saturated heterocycles. The number of methoxy groups -OCH3 is 1. The molecule has 0 spiro atoms. The van der Waals surface area contributed by atoms with E-state index in [0.29, 0.717) is 19.2 Å². The Morgan fingerprint density at radius 3 is 2.84 bits per heavy atom. The van der Waals surface area contributed by atoms with Crippen LogP contribution in [-0.4, -0.2) is 36.5 Å². The number of fused-ring (bicyclic) bond motifs is 1. The van der Waals surface area contributed by atoms with Crippen LogP contribution in [0, 0.1) is 0 Å². The molecule has 5 heteroatoms. The highest BCUT2D eigenvalue weighted by Crippen LogP contribution is 2.17. The van der Waals surface area contributed by atoms with Crippen molar-refractivity contribution in [1.82, 2.24) is 9.55 Å². The number of unbranched alkanes of at least 4 members (excludes halogenated alkanes) is 1. The standard InChI is InChI=1S/C14H21N3O2/c1-18-10-11-19-9-5-4-8-17-13-7-3-2-6-12(13)16-14(17)15/h2-3,6-7H,4-5,8-11H2,1H3,(H2,15,16). The molecule has 0 aliphatic carbocycles. The van der Waals surface area contributed by atoms with Crippen LogP contribution >= 0.6 is 0 Å². The molecule has 0 aliphatic rings. The highest BCUT2D eigenvalue weighted by molar-refractivity contribution is 5.78. The van der Waals surface area contributed by atoms with Gasteiger partial charge in [0.05, 0.1) is 24.2 Å². The molecule has 5 nitrogen and oxygen atoms in total. The summed E-state index contributed by atoms with van der Waals surface area (Å²) in [6.07, 6.45) is 2.03. The Hall–Kier alpha value is -1.59. The summed E-state index contributed by atoms with van der Waals surface area (Å²) in [7, 11) is 1.68. The Morgan fingerprint density at radius 1 is 1.16 bits per heavy atom. The lowest BCUT2D eigenvalue weighted by Gasteiger charge is -2.07. The molecular formula is C14H21N3O2. The van der Waals surface area contributed by atoms with Gasteiger partial charge in [0.25, 0.3) is 0 Å². The zero-order chi connectivity index (χ0) is 13.5. The zero-order valence-corrected chi connectivity index (χ0v) is 11.3. The lowest BCUT2D eigenvalue weighted by Crippen LogP contribution is -2.06. The number of hydrogen-bond acceptors (Lipinski definition) is 4. The van der Waals surface area contributed by atoms with Crippen LogP contribution in [0.2, 0.25) is 0 Å². The molecule has 0 bridgehead atoms. The predicted molar refractivity (Wildman–Crippen MR) is 76.1 cm³/mol. The van der Waals surface area contributed by atoms with Gasteiger partial charge in [-0.15, -0.1) is 0 Å². The third-order valence-corrected chi connectivity index (χ3v) is 3.04. The first-order valence-electron chi connectivity index (χ1n) is 6.60. The SMILES string of the molecule is COCCOCCCCn1c(N)nc2ccccc21. The first-order chi connectivity index (χ1) is 9.33. The molecule has 0 radical (unpaired) electrons. The van der Waals surface area contributed by atoms with Crippen LogP contribution < -0.4 is 5.73 Å². The van der Waals surface area contributed by atoms with Gasteiger partial charge in [-0.3, -0.25) is 0 Å².